The molecule has 0 aliphatic heterocycles. The number of aryl methyl sites for hydroxylation is 1. The molecule has 1 aromatic rings. The van der Waals surface area contributed by atoms with Crippen molar-refractivity contribution in [1.29, 1.82) is 0 Å². The molecule has 2 N–H and O–H groups in total. The van der Waals surface area contributed by atoms with E-state index in [0.717, 1.165) is 11.1 Å². The maximum Gasteiger partial charge on any atom is 0.320 e. The molecule has 0 amide bonds. The van der Waals surface area contributed by atoms with Crippen LogP contribution < -0.4 is 5.32 Å². The molecule has 5 nitrogen and oxygen atoms in total. The minimum atomic E-state index is -0.999. The molecule has 1 aromatic carbocycles. The molecule has 0 heterocycles. The fraction of sp³-hybridized carbons (Fsp3) is 0.385. The molecule has 0 saturated heterocycles. The lowest BCUT2D eigenvalue weighted by Gasteiger charge is -2.09. The van der Waals surface area contributed by atoms with E-state index in [-0.39, 0.29) is 13.2 Å². The molecule has 0 fully saturated rings. The Balaban J connectivity index is 2.29. The van der Waals surface area contributed by atoms with Crippen molar-refractivity contribution in [2.45, 2.75) is 26.5 Å². The quantitative estimate of drug-likeness (QED) is 0.740. The average molecular weight is 251 g/mol. The second kappa shape index (κ2) is 6.76. The standard InChI is InChI=1S/C13H17NO4/c1-9-3-5-11(6-4-9)8-18-12(15)7-14-10(2)13(16)17/h3-6,10,14H,7-8H2,1-2H3,(H,16,17)/t10-/m0/s1. The molecule has 0 spiro atoms. The summed E-state index contributed by atoms with van der Waals surface area (Å²) in [5.41, 5.74) is 2.04. The van der Waals surface area contributed by atoms with E-state index < -0.39 is 18.0 Å². The number of benzene rings is 1. The summed E-state index contributed by atoms with van der Waals surface area (Å²) in [6, 6.07) is 6.88. The number of esters is 1. The number of nitrogens with one attached hydrogen (secondary N) is 1. The smallest absolute Gasteiger partial charge is 0.320 e. The zero-order valence-corrected chi connectivity index (χ0v) is 10.5. The Morgan fingerprint density at radius 3 is 2.50 bits per heavy atom. The van der Waals surface area contributed by atoms with Crippen LogP contribution in [-0.2, 0) is 20.9 Å². The Morgan fingerprint density at radius 1 is 1.33 bits per heavy atom. The van der Waals surface area contributed by atoms with E-state index >= 15 is 0 Å². The van der Waals surface area contributed by atoms with Crippen molar-refractivity contribution in [3.8, 4) is 0 Å². The average Bonchev–Trinajstić information content (AvgIpc) is 2.35. The summed E-state index contributed by atoms with van der Waals surface area (Å²) in [4.78, 5) is 21.8. The zero-order chi connectivity index (χ0) is 13.5. The minimum Gasteiger partial charge on any atom is -0.480 e. The van der Waals surface area contributed by atoms with E-state index in [0.29, 0.717) is 0 Å². The molecule has 1 rings (SSSR count). The molecule has 0 unspecified atom stereocenters. The number of aliphatic carboxylic acids is 1. The number of rotatable bonds is 6. The molecule has 0 aromatic heterocycles. The van der Waals surface area contributed by atoms with Gasteiger partial charge in [-0.15, -0.1) is 0 Å². The van der Waals surface area contributed by atoms with Crippen LogP contribution >= 0.6 is 0 Å². The highest BCUT2D eigenvalue weighted by molar-refractivity contribution is 5.75. The number of carboxylic acid groups (broad SMARTS) is 1. The fourth-order valence-electron chi connectivity index (χ4n) is 1.22. The highest BCUT2D eigenvalue weighted by Crippen LogP contribution is 2.04. The SMILES string of the molecule is Cc1ccc(COC(=O)CN[C@@H](C)C(=O)O)cc1. The lowest BCUT2D eigenvalue weighted by atomic mass is 10.2. The van der Waals surface area contributed by atoms with E-state index in [1.54, 1.807) is 0 Å². The summed E-state index contributed by atoms with van der Waals surface area (Å²) in [5.74, 6) is -1.47. The topological polar surface area (TPSA) is 75.6 Å². The summed E-state index contributed by atoms with van der Waals surface area (Å²) in [6.07, 6.45) is 0. The third-order valence-corrected chi connectivity index (χ3v) is 2.44. The third-order valence-electron chi connectivity index (χ3n) is 2.44. The van der Waals surface area contributed by atoms with Gasteiger partial charge in [0.25, 0.3) is 0 Å². The molecule has 0 aliphatic rings. The van der Waals surface area contributed by atoms with Crippen LogP contribution in [0.2, 0.25) is 0 Å². The first kappa shape index (κ1) is 14.2. The van der Waals surface area contributed by atoms with Crippen molar-refractivity contribution in [2.75, 3.05) is 6.54 Å². The number of hydrogen-bond acceptors (Lipinski definition) is 4. The molecule has 98 valence electrons. The van der Waals surface area contributed by atoms with Crippen LogP contribution in [0.1, 0.15) is 18.1 Å². The summed E-state index contributed by atoms with van der Waals surface area (Å²) in [6.45, 7) is 3.53. The second-order valence-corrected chi connectivity index (χ2v) is 4.09. The van der Waals surface area contributed by atoms with E-state index in [1.807, 2.05) is 31.2 Å². The molecular formula is C13H17NO4. The van der Waals surface area contributed by atoms with Gasteiger partial charge in [0, 0.05) is 0 Å². The summed E-state index contributed by atoms with van der Waals surface area (Å²) in [5, 5.41) is 11.2. The second-order valence-electron chi connectivity index (χ2n) is 4.09. The lowest BCUT2D eigenvalue weighted by Crippen LogP contribution is -2.37. The first-order valence-electron chi connectivity index (χ1n) is 5.66. The van der Waals surface area contributed by atoms with Gasteiger partial charge in [-0.3, -0.25) is 14.9 Å². The highest BCUT2D eigenvalue weighted by atomic mass is 16.5. The summed E-state index contributed by atoms with van der Waals surface area (Å²) in [7, 11) is 0. The summed E-state index contributed by atoms with van der Waals surface area (Å²) >= 11 is 0. The maximum absolute atomic E-state index is 11.3. The number of hydrogen-bond donors (Lipinski definition) is 2. The van der Waals surface area contributed by atoms with Crippen LogP contribution in [0, 0.1) is 6.92 Å². The van der Waals surface area contributed by atoms with Crippen molar-refractivity contribution in [2.24, 2.45) is 0 Å². The number of carbonyl (C=O) groups is 2. The van der Waals surface area contributed by atoms with Gasteiger partial charge >= 0.3 is 11.9 Å². The molecule has 0 saturated carbocycles. The Hall–Kier alpha value is -1.88. The monoisotopic (exact) mass is 251 g/mol. The van der Waals surface area contributed by atoms with Crippen molar-refractivity contribution < 1.29 is 19.4 Å². The van der Waals surface area contributed by atoms with Crippen molar-refractivity contribution in [1.82, 2.24) is 5.32 Å². The molecule has 0 radical (unpaired) electrons. The number of carbonyl (C=O) groups excluding carboxylic acids is 1. The van der Waals surface area contributed by atoms with Gasteiger partial charge in [-0.1, -0.05) is 29.8 Å². The van der Waals surface area contributed by atoms with Crippen LogP contribution in [0.25, 0.3) is 0 Å². The van der Waals surface area contributed by atoms with Crippen LogP contribution in [0.3, 0.4) is 0 Å². The Bertz CT molecular complexity index is 414. The maximum atomic E-state index is 11.3. The normalized spacial score (nSPS) is 11.9. The molecule has 0 bridgehead atoms. The van der Waals surface area contributed by atoms with E-state index in [4.69, 9.17) is 9.84 Å². The largest absolute Gasteiger partial charge is 0.480 e. The van der Waals surface area contributed by atoms with Crippen molar-refractivity contribution in [3.63, 3.8) is 0 Å². The zero-order valence-electron chi connectivity index (χ0n) is 10.5. The van der Waals surface area contributed by atoms with Crippen molar-refractivity contribution in [3.05, 3.63) is 35.4 Å². The number of carboxylic acids is 1. The summed E-state index contributed by atoms with van der Waals surface area (Å²) < 4.78 is 5.00. The van der Waals surface area contributed by atoms with E-state index in [2.05, 4.69) is 5.32 Å². The van der Waals surface area contributed by atoms with Crippen molar-refractivity contribution >= 4 is 11.9 Å². The first-order chi connectivity index (χ1) is 8.49. The predicted octanol–water partition coefficient (Wildman–Crippen LogP) is 1.10. The Labute approximate surface area is 106 Å². The van der Waals surface area contributed by atoms with E-state index in [1.165, 1.54) is 6.92 Å². The lowest BCUT2D eigenvalue weighted by molar-refractivity contribution is -0.144. The van der Waals surface area contributed by atoms with Gasteiger partial charge in [0.15, 0.2) is 0 Å². The van der Waals surface area contributed by atoms with E-state index in [9.17, 15) is 9.59 Å². The van der Waals surface area contributed by atoms with Gasteiger partial charge < -0.3 is 9.84 Å². The third kappa shape index (κ3) is 4.97. The Morgan fingerprint density at radius 2 is 1.94 bits per heavy atom. The fourth-order valence-corrected chi connectivity index (χ4v) is 1.22. The van der Waals surface area contributed by atoms with Crippen LogP contribution in [-0.4, -0.2) is 29.6 Å². The Kier molecular flexibility index (Phi) is 5.32. The van der Waals surface area contributed by atoms with Gasteiger partial charge in [0.05, 0.1) is 6.54 Å². The van der Waals surface area contributed by atoms with Crippen LogP contribution in [0.15, 0.2) is 24.3 Å². The van der Waals surface area contributed by atoms with Gasteiger partial charge in [-0.2, -0.15) is 0 Å². The molecule has 18 heavy (non-hydrogen) atoms. The molecular weight excluding hydrogens is 234 g/mol. The molecule has 0 aliphatic carbocycles. The highest BCUT2D eigenvalue weighted by Gasteiger charge is 2.12. The molecule has 5 heteroatoms. The van der Waals surface area contributed by atoms with Gasteiger partial charge in [0.1, 0.15) is 12.6 Å². The minimum absolute atomic E-state index is 0.112. The first-order valence-corrected chi connectivity index (χ1v) is 5.66. The molecule has 1 atom stereocenters. The van der Waals surface area contributed by atoms with Crippen LogP contribution in [0.5, 0.6) is 0 Å². The van der Waals surface area contributed by atoms with Gasteiger partial charge in [0.2, 0.25) is 0 Å². The predicted molar refractivity (Wildman–Crippen MR) is 66.1 cm³/mol. The van der Waals surface area contributed by atoms with Gasteiger partial charge in [-0.25, -0.2) is 0 Å². The van der Waals surface area contributed by atoms with Gasteiger partial charge in [-0.05, 0) is 19.4 Å². The van der Waals surface area contributed by atoms with Crippen LogP contribution in [0.4, 0.5) is 0 Å². The number of ether oxygens (including phenoxy) is 1.